The third-order valence-corrected chi connectivity index (χ3v) is 3.00. The first-order chi connectivity index (χ1) is 8.66. The van der Waals surface area contributed by atoms with Gasteiger partial charge in [0.05, 0.1) is 0 Å². The number of hydrogen-bond donors (Lipinski definition) is 1. The van der Waals surface area contributed by atoms with Crippen LogP contribution in [0, 0.1) is 0 Å². The number of anilines is 1. The first-order valence-corrected chi connectivity index (χ1v) is 6.28. The molecule has 90 valence electrons. The van der Waals surface area contributed by atoms with E-state index in [0.717, 1.165) is 10.0 Å². The molecule has 0 saturated carbocycles. The molecule has 0 aliphatic carbocycles. The Bertz CT molecular complexity index is 591. The summed E-state index contributed by atoms with van der Waals surface area (Å²) >= 11 is 3.31. The lowest BCUT2D eigenvalue weighted by molar-refractivity contribution is 0.104. The lowest BCUT2D eigenvalue weighted by atomic mass is 10.1. The molecule has 0 radical (unpaired) electrons. The van der Waals surface area contributed by atoms with Crippen molar-refractivity contribution in [2.24, 2.45) is 0 Å². The molecule has 2 rings (SSSR count). The SMILES string of the molecule is Nc1cc(Br)ccc1C(=O)C=Cc1ccccc1. The molecule has 0 aliphatic heterocycles. The van der Waals surface area contributed by atoms with Gasteiger partial charge in [0.25, 0.3) is 0 Å². The normalized spacial score (nSPS) is 10.7. The second-order valence-corrected chi connectivity index (χ2v) is 4.76. The third kappa shape index (κ3) is 3.08. The summed E-state index contributed by atoms with van der Waals surface area (Å²) in [6.07, 6.45) is 3.32. The fraction of sp³-hybridized carbons (Fsp3) is 0. The number of nitrogens with two attached hydrogens (primary N) is 1. The van der Waals surface area contributed by atoms with E-state index in [9.17, 15) is 4.79 Å². The van der Waals surface area contributed by atoms with Crippen LogP contribution >= 0.6 is 15.9 Å². The Morgan fingerprint density at radius 2 is 1.83 bits per heavy atom. The highest BCUT2D eigenvalue weighted by Crippen LogP contribution is 2.19. The topological polar surface area (TPSA) is 43.1 Å². The van der Waals surface area contributed by atoms with Crippen LogP contribution in [0.4, 0.5) is 5.69 Å². The second-order valence-electron chi connectivity index (χ2n) is 3.84. The highest BCUT2D eigenvalue weighted by Gasteiger charge is 2.06. The molecule has 0 bridgehead atoms. The molecule has 3 heteroatoms. The van der Waals surface area contributed by atoms with Crippen LogP contribution in [-0.4, -0.2) is 5.78 Å². The zero-order chi connectivity index (χ0) is 13.0. The van der Waals surface area contributed by atoms with E-state index >= 15 is 0 Å². The molecule has 0 aromatic heterocycles. The van der Waals surface area contributed by atoms with E-state index in [1.807, 2.05) is 30.3 Å². The maximum atomic E-state index is 12.0. The zero-order valence-electron chi connectivity index (χ0n) is 9.64. The number of ketones is 1. The van der Waals surface area contributed by atoms with Gasteiger partial charge in [0, 0.05) is 15.7 Å². The van der Waals surface area contributed by atoms with E-state index in [1.165, 1.54) is 6.08 Å². The number of benzene rings is 2. The highest BCUT2D eigenvalue weighted by atomic mass is 79.9. The van der Waals surface area contributed by atoms with Crippen molar-refractivity contribution in [3.8, 4) is 0 Å². The smallest absolute Gasteiger partial charge is 0.187 e. The maximum Gasteiger partial charge on any atom is 0.187 e. The Labute approximate surface area is 114 Å². The maximum absolute atomic E-state index is 12.0. The largest absolute Gasteiger partial charge is 0.398 e. The van der Waals surface area contributed by atoms with Gasteiger partial charge >= 0.3 is 0 Å². The molecule has 2 N–H and O–H groups in total. The number of carbonyl (C=O) groups is 1. The molecule has 0 spiro atoms. The fourth-order valence-electron chi connectivity index (χ4n) is 1.58. The molecule has 0 atom stereocenters. The summed E-state index contributed by atoms with van der Waals surface area (Å²) in [6.45, 7) is 0. The molecule has 0 unspecified atom stereocenters. The summed E-state index contributed by atoms with van der Waals surface area (Å²) in [7, 11) is 0. The van der Waals surface area contributed by atoms with Crippen LogP contribution in [0.2, 0.25) is 0 Å². The van der Waals surface area contributed by atoms with Gasteiger partial charge in [0.2, 0.25) is 0 Å². The Morgan fingerprint density at radius 3 is 2.50 bits per heavy atom. The van der Waals surface area contributed by atoms with Gasteiger partial charge in [0.1, 0.15) is 0 Å². The van der Waals surface area contributed by atoms with Crippen molar-refractivity contribution in [2.45, 2.75) is 0 Å². The number of carbonyl (C=O) groups excluding carboxylic acids is 1. The minimum absolute atomic E-state index is 0.0937. The number of halogens is 1. The summed E-state index contributed by atoms with van der Waals surface area (Å²) in [5, 5.41) is 0. The Kier molecular flexibility index (Phi) is 3.95. The second kappa shape index (κ2) is 5.65. The first kappa shape index (κ1) is 12.6. The van der Waals surface area contributed by atoms with Crippen LogP contribution in [0.3, 0.4) is 0 Å². The van der Waals surface area contributed by atoms with Gasteiger partial charge in [-0.15, -0.1) is 0 Å². The van der Waals surface area contributed by atoms with Gasteiger partial charge < -0.3 is 5.73 Å². The molecule has 0 heterocycles. The van der Waals surface area contributed by atoms with Gasteiger partial charge in [-0.25, -0.2) is 0 Å². The Morgan fingerprint density at radius 1 is 1.11 bits per heavy atom. The van der Waals surface area contributed by atoms with E-state index in [-0.39, 0.29) is 5.78 Å². The Hall–Kier alpha value is -1.87. The van der Waals surface area contributed by atoms with Gasteiger partial charge in [0.15, 0.2) is 5.78 Å². The number of rotatable bonds is 3. The summed E-state index contributed by atoms with van der Waals surface area (Å²) in [5.74, 6) is -0.0937. The summed E-state index contributed by atoms with van der Waals surface area (Å²) in [5.41, 5.74) is 7.79. The minimum atomic E-state index is -0.0937. The lowest BCUT2D eigenvalue weighted by Gasteiger charge is -2.02. The summed E-state index contributed by atoms with van der Waals surface area (Å²) in [4.78, 5) is 12.0. The monoisotopic (exact) mass is 301 g/mol. The van der Waals surface area contributed by atoms with Crippen molar-refractivity contribution in [3.63, 3.8) is 0 Å². The van der Waals surface area contributed by atoms with E-state index in [2.05, 4.69) is 15.9 Å². The van der Waals surface area contributed by atoms with Crippen molar-refractivity contribution in [2.75, 3.05) is 5.73 Å². The number of nitrogen functional groups attached to an aromatic ring is 1. The predicted octanol–water partition coefficient (Wildman–Crippen LogP) is 3.93. The molecule has 0 aliphatic rings. The van der Waals surface area contributed by atoms with E-state index < -0.39 is 0 Å². The summed E-state index contributed by atoms with van der Waals surface area (Å²) < 4.78 is 0.864. The van der Waals surface area contributed by atoms with Crippen molar-refractivity contribution < 1.29 is 4.79 Å². The van der Waals surface area contributed by atoms with Crippen LogP contribution in [0.1, 0.15) is 15.9 Å². The highest BCUT2D eigenvalue weighted by molar-refractivity contribution is 9.10. The van der Waals surface area contributed by atoms with Crippen LogP contribution in [0.5, 0.6) is 0 Å². The third-order valence-electron chi connectivity index (χ3n) is 2.51. The molecule has 0 fully saturated rings. The van der Waals surface area contributed by atoms with Crippen molar-refractivity contribution in [3.05, 3.63) is 70.2 Å². The van der Waals surface area contributed by atoms with Crippen molar-refractivity contribution in [1.29, 1.82) is 0 Å². The molecule has 2 aromatic carbocycles. The van der Waals surface area contributed by atoms with Crippen LogP contribution in [0.25, 0.3) is 6.08 Å². The first-order valence-electron chi connectivity index (χ1n) is 5.49. The van der Waals surface area contributed by atoms with Crippen LogP contribution < -0.4 is 5.73 Å². The van der Waals surface area contributed by atoms with E-state index in [0.29, 0.717) is 11.3 Å². The minimum Gasteiger partial charge on any atom is -0.398 e. The molecule has 2 aromatic rings. The lowest BCUT2D eigenvalue weighted by Crippen LogP contribution is -2.00. The summed E-state index contributed by atoms with van der Waals surface area (Å²) in [6, 6.07) is 14.9. The molecule has 0 amide bonds. The molecular formula is C15H12BrNO. The fourth-order valence-corrected chi connectivity index (χ4v) is 1.96. The van der Waals surface area contributed by atoms with Crippen LogP contribution in [-0.2, 0) is 0 Å². The zero-order valence-corrected chi connectivity index (χ0v) is 11.2. The van der Waals surface area contributed by atoms with Crippen molar-refractivity contribution in [1.82, 2.24) is 0 Å². The van der Waals surface area contributed by atoms with E-state index in [1.54, 1.807) is 24.3 Å². The molecule has 18 heavy (non-hydrogen) atoms. The van der Waals surface area contributed by atoms with Gasteiger partial charge in [-0.1, -0.05) is 52.3 Å². The molecule has 0 saturated heterocycles. The quantitative estimate of drug-likeness (QED) is 0.530. The average molecular weight is 302 g/mol. The number of allylic oxidation sites excluding steroid dienone is 1. The molecule has 2 nitrogen and oxygen atoms in total. The molecular weight excluding hydrogens is 290 g/mol. The van der Waals surface area contributed by atoms with Crippen LogP contribution in [0.15, 0.2) is 59.1 Å². The van der Waals surface area contributed by atoms with Gasteiger partial charge in [-0.05, 0) is 29.8 Å². The Balaban J connectivity index is 2.20. The van der Waals surface area contributed by atoms with Gasteiger partial charge in [-0.2, -0.15) is 0 Å². The predicted molar refractivity (Wildman–Crippen MR) is 78.4 cm³/mol. The van der Waals surface area contributed by atoms with E-state index in [4.69, 9.17) is 5.73 Å². The average Bonchev–Trinajstić information content (AvgIpc) is 2.37. The number of hydrogen-bond acceptors (Lipinski definition) is 2. The standard InChI is InChI=1S/C15H12BrNO/c16-12-7-8-13(14(17)10-12)15(18)9-6-11-4-2-1-3-5-11/h1-10H,17H2. The van der Waals surface area contributed by atoms with Crippen molar-refractivity contribution >= 4 is 33.5 Å². The van der Waals surface area contributed by atoms with Gasteiger partial charge in [-0.3, -0.25) is 4.79 Å².